The van der Waals surface area contributed by atoms with E-state index in [-0.39, 0.29) is 17.4 Å². The minimum absolute atomic E-state index is 0. The van der Waals surface area contributed by atoms with Gasteiger partial charge in [-0.3, -0.25) is 9.11 Å². The smallest absolute Gasteiger partial charge is 0.450 e. The summed E-state index contributed by atoms with van der Waals surface area (Å²) in [5.41, 5.74) is 0. The van der Waals surface area contributed by atoms with Crippen molar-refractivity contribution in [3.8, 4) is 0 Å². The molecule has 0 unspecified atom stereocenters. The highest BCUT2D eigenvalue weighted by molar-refractivity contribution is 7.79. The molecule has 0 atom stereocenters. The van der Waals surface area contributed by atoms with Gasteiger partial charge in [-0.1, -0.05) is 0 Å². The molecule has 62 valence electrons. The van der Waals surface area contributed by atoms with Crippen molar-refractivity contribution in [1.82, 2.24) is 0 Å². The second-order valence-electron chi connectivity index (χ2n) is 0.730. The maximum atomic E-state index is 8.74. The van der Waals surface area contributed by atoms with E-state index in [1.54, 1.807) is 0 Å². The van der Waals surface area contributed by atoms with Crippen LogP contribution in [0.25, 0.3) is 0 Å². The molecule has 0 aromatic heterocycles. The third kappa shape index (κ3) is 3180. The molecule has 0 amide bonds. The zero-order chi connectivity index (χ0) is 8.08. The van der Waals surface area contributed by atoms with Gasteiger partial charge in [0.05, 0.1) is 0 Å². The maximum Gasteiger partial charge on any atom is 0.503 e. The van der Waals surface area contributed by atoms with Crippen LogP contribution < -0.4 is 0 Å². The molecule has 0 aromatic rings. The molecule has 9 heteroatoms. The highest BCUT2D eigenvalue weighted by Gasteiger charge is 1.84. The summed E-state index contributed by atoms with van der Waals surface area (Å²) in [4.78, 5) is 8.56. The van der Waals surface area contributed by atoms with E-state index in [4.69, 9.17) is 32.5 Å². The van der Waals surface area contributed by atoms with Crippen LogP contribution in [0.2, 0.25) is 0 Å². The largest absolute Gasteiger partial charge is 0.503 e. The molecule has 0 aromatic carbocycles. The van der Waals surface area contributed by atoms with Crippen LogP contribution in [-0.4, -0.2) is 51.3 Å². The Morgan fingerprint density at radius 2 is 1.10 bits per heavy atom. The first kappa shape index (κ1) is 16.3. The van der Waals surface area contributed by atoms with Gasteiger partial charge >= 0.3 is 16.6 Å². The van der Waals surface area contributed by atoms with Crippen molar-refractivity contribution in [2.45, 2.75) is 0 Å². The third-order valence-electron chi connectivity index (χ3n) is 0. The molecular weight excluding hydrogens is 183 g/mol. The van der Waals surface area contributed by atoms with Crippen LogP contribution in [0.3, 0.4) is 0 Å². The maximum absolute atomic E-state index is 8.74. The molecule has 0 aliphatic rings. The minimum Gasteiger partial charge on any atom is -0.450 e. The number of rotatable bonds is 0. The molecule has 0 spiro atoms. The van der Waals surface area contributed by atoms with Gasteiger partial charge in [0.15, 0.2) is 17.4 Å². The molecule has 0 aliphatic heterocycles. The molecule has 0 saturated carbocycles. The van der Waals surface area contributed by atoms with E-state index < -0.39 is 16.6 Å². The SMILES string of the molecule is O=C(O)O.O=S(=O)(O)O.[AlH3]. The van der Waals surface area contributed by atoms with Crippen molar-refractivity contribution in [2.24, 2.45) is 0 Å². The van der Waals surface area contributed by atoms with E-state index in [9.17, 15) is 0 Å². The standard InChI is InChI=1S/CH2O3.Al.H2O4S.3H/c2-1(3)4;;1-5(2,3)4;;;/h(H2,2,3,4);;(H2,1,2,3,4);;;. The summed E-state index contributed by atoms with van der Waals surface area (Å²) >= 11 is 0. The normalized spacial score (nSPS) is 8.20. The van der Waals surface area contributed by atoms with E-state index in [0.29, 0.717) is 0 Å². The Bertz CT molecular complexity index is 156. The van der Waals surface area contributed by atoms with Gasteiger partial charge in [0.1, 0.15) is 0 Å². The van der Waals surface area contributed by atoms with Crippen LogP contribution in [0, 0.1) is 0 Å². The second kappa shape index (κ2) is 6.79. The van der Waals surface area contributed by atoms with E-state index in [1.807, 2.05) is 0 Å². The average molecular weight is 190 g/mol. The summed E-state index contributed by atoms with van der Waals surface area (Å²) < 4.78 is 31.6. The fourth-order valence-corrected chi connectivity index (χ4v) is 0. The molecular formula is CH7AlO7S. The lowest BCUT2D eigenvalue weighted by Gasteiger charge is -1.68. The number of carboxylic acid groups (broad SMARTS) is 2. The predicted molar refractivity (Wildman–Crippen MR) is 34.8 cm³/mol. The third-order valence-corrected chi connectivity index (χ3v) is 0. The lowest BCUT2D eigenvalue weighted by Crippen LogP contribution is -1.89. The molecule has 0 fully saturated rings. The Hall–Kier alpha value is -0.328. The number of hydrogen-bond acceptors (Lipinski definition) is 3. The molecule has 7 nitrogen and oxygen atoms in total. The van der Waals surface area contributed by atoms with Gasteiger partial charge in [-0.15, -0.1) is 0 Å². The zero-order valence-corrected chi connectivity index (χ0v) is 4.74. The van der Waals surface area contributed by atoms with Crippen LogP contribution in [-0.2, 0) is 10.4 Å². The van der Waals surface area contributed by atoms with E-state index in [0.717, 1.165) is 0 Å². The Morgan fingerprint density at radius 1 is 1.10 bits per heavy atom. The number of carbonyl (C=O) groups is 1. The summed E-state index contributed by atoms with van der Waals surface area (Å²) in [7, 11) is -4.67. The van der Waals surface area contributed by atoms with E-state index in [2.05, 4.69) is 0 Å². The lowest BCUT2D eigenvalue weighted by molar-refractivity contribution is 0.137. The zero-order valence-electron chi connectivity index (χ0n) is 3.92. The Labute approximate surface area is 67.0 Å². The van der Waals surface area contributed by atoms with Crippen LogP contribution in [0.4, 0.5) is 4.79 Å². The molecule has 4 N–H and O–H groups in total. The van der Waals surface area contributed by atoms with Crippen molar-refractivity contribution in [2.75, 3.05) is 0 Å². The molecule has 0 heterocycles. The summed E-state index contributed by atoms with van der Waals surface area (Å²) in [5, 5.41) is 13.9. The lowest BCUT2D eigenvalue weighted by atomic mass is 11.5. The Kier molecular flexibility index (Phi) is 11.1. The highest BCUT2D eigenvalue weighted by atomic mass is 32.3. The van der Waals surface area contributed by atoms with Crippen molar-refractivity contribution < 1.29 is 32.5 Å². The second-order valence-corrected chi connectivity index (χ2v) is 1.63. The summed E-state index contributed by atoms with van der Waals surface area (Å²) in [6.45, 7) is 0. The highest BCUT2D eigenvalue weighted by Crippen LogP contribution is 1.59. The number of hydrogen-bond donors (Lipinski definition) is 4. The molecule has 0 rings (SSSR count). The first-order valence-electron chi connectivity index (χ1n) is 1.35. The van der Waals surface area contributed by atoms with Crippen molar-refractivity contribution in [3.05, 3.63) is 0 Å². The van der Waals surface area contributed by atoms with E-state index in [1.165, 1.54) is 0 Å². The molecule has 0 radical (unpaired) electrons. The van der Waals surface area contributed by atoms with Crippen LogP contribution >= 0.6 is 0 Å². The first-order valence-corrected chi connectivity index (χ1v) is 2.75. The Balaban J connectivity index is -0.0000000910. The van der Waals surface area contributed by atoms with Crippen LogP contribution in [0.5, 0.6) is 0 Å². The first-order chi connectivity index (χ1) is 3.73. The van der Waals surface area contributed by atoms with E-state index >= 15 is 0 Å². The van der Waals surface area contributed by atoms with Crippen molar-refractivity contribution in [3.63, 3.8) is 0 Å². The summed E-state index contributed by atoms with van der Waals surface area (Å²) in [6.07, 6.45) is -1.83. The molecule has 10 heavy (non-hydrogen) atoms. The fraction of sp³-hybridized carbons (Fsp3) is 0. The van der Waals surface area contributed by atoms with Gasteiger partial charge in [0.2, 0.25) is 0 Å². The quantitative estimate of drug-likeness (QED) is 0.266. The van der Waals surface area contributed by atoms with Gasteiger partial charge in [0, 0.05) is 0 Å². The topological polar surface area (TPSA) is 132 Å². The van der Waals surface area contributed by atoms with Crippen LogP contribution in [0.15, 0.2) is 0 Å². The minimum atomic E-state index is -4.67. The Morgan fingerprint density at radius 3 is 1.10 bits per heavy atom. The van der Waals surface area contributed by atoms with Gasteiger partial charge in [0.25, 0.3) is 0 Å². The van der Waals surface area contributed by atoms with Gasteiger partial charge in [-0.25, -0.2) is 4.79 Å². The monoisotopic (exact) mass is 190 g/mol. The van der Waals surface area contributed by atoms with Gasteiger partial charge in [-0.2, -0.15) is 8.42 Å². The summed E-state index contributed by atoms with van der Waals surface area (Å²) in [6, 6.07) is 0. The van der Waals surface area contributed by atoms with Crippen molar-refractivity contribution >= 4 is 33.9 Å². The van der Waals surface area contributed by atoms with Crippen LogP contribution in [0.1, 0.15) is 0 Å². The van der Waals surface area contributed by atoms with Gasteiger partial charge < -0.3 is 10.2 Å². The predicted octanol–water partition coefficient (Wildman–Crippen LogP) is -1.61. The van der Waals surface area contributed by atoms with Crippen molar-refractivity contribution in [1.29, 1.82) is 0 Å². The fourth-order valence-electron chi connectivity index (χ4n) is 0. The average Bonchev–Trinajstić information content (AvgIpc) is 1.19. The molecule has 0 bridgehead atoms. The molecule has 0 aliphatic carbocycles. The summed E-state index contributed by atoms with van der Waals surface area (Å²) in [5.74, 6) is 0. The molecule has 0 saturated heterocycles. The van der Waals surface area contributed by atoms with Gasteiger partial charge in [-0.05, 0) is 0 Å².